The molecule has 10 heteroatoms. The van der Waals surface area contributed by atoms with Crippen LogP contribution in [-0.4, -0.2) is 24.2 Å². The maximum absolute atomic E-state index is 13.1. The number of hydrazone groups is 1. The predicted octanol–water partition coefficient (Wildman–Crippen LogP) is 4.78. The number of carbonyl (C=O) groups excluding carboxylic acids is 1. The Labute approximate surface area is 197 Å². The Balaban J connectivity index is 1.65. The molecule has 0 radical (unpaired) electrons. The number of halogens is 2. The van der Waals surface area contributed by atoms with Crippen molar-refractivity contribution in [1.82, 2.24) is 5.43 Å². The molecular formula is C23H19BrFN3O5. The first kappa shape index (κ1) is 23.9. The number of para-hydroxylation sites is 1. The van der Waals surface area contributed by atoms with E-state index in [1.807, 2.05) is 0 Å². The van der Waals surface area contributed by atoms with Crippen LogP contribution in [0, 0.1) is 15.9 Å². The molecule has 1 amide bonds. The number of amides is 1. The van der Waals surface area contributed by atoms with E-state index >= 15 is 0 Å². The van der Waals surface area contributed by atoms with E-state index in [9.17, 15) is 19.3 Å². The monoisotopic (exact) mass is 515 g/mol. The van der Waals surface area contributed by atoms with E-state index in [2.05, 4.69) is 26.5 Å². The van der Waals surface area contributed by atoms with Gasteiger partial charge < -0.3 is 9.47 Å². The van der Waals surface area contributed by atoms with Crippen LogP contribution in [0.1, 0.15) is 16.7 Å². The van der Waals surface area contributed by atoms with Gasteiger partial charge in [-0.1, -0.05) is 30.3 Å². The van der Waals surface area contributed by atoms with Crippen molar-refractivity contribution in [2.45, 2.75) is 13.0 Å². The smallest absolute Gasteiger partial charge is 0.273 e. The molecule has 0 saturated carbocycles. The number of nitrogens with one attached hydrogen (secondary N) is 1. The summed E-state index contributed by atoms with van der Waals surface area (Å²) in [6.45, 7) is 0.213. The number of benzene rings is 3. The summed E-state index contributed by atoms with van der Waals surface area (Å²) in [4.78, 5) is 22.7. The molecule has 170 valence electrons. The maximum atomic E-state index is 13.1. The zero-order chi connectivity index (χ0) is 23.8. The molecule has 0 aromatic heterocycles. The van der Waals surface area contributed by atoms with Crippen molar-refractivity contribution in [2.75, 3.05) is 7.11 Å². The first-order valence-electron chi connectivity index (χ1n) is 9.66. The van der Waals surface area contributed by atoms with Crippen LogP contribution in [0.15, 0.2) is 70.2 Å². The van der Waals surface area contributed by atoms with Crippen molar-refractivity contribution in [3.63, 3.8) is 0 Å². The number of hydrogen-bond acceptors (Lipinski definition) is 6. The molecule has 0 unspecified atom stereocenters. The van der Waals surface area contributed by atoms with E-state index in [-0.39, 0.29) is 24.5 Å². The van der Waals surface area contributed by atoms with Gasteiger partial charge in [-0.3, -0.25) is 14.9 Å². The lowest BCUT2D eigenvalue weighted by Gasteiger charge is -2.13. The van der Waals surface area contributed by atoms with Gasteiger partial charge in [0.15, 0.2) is 11.5 Å². The Kier molecular flexibility index (Phi) is 8.09. The van der Waals surface area contributed by atoms with Crippen LogP contribution in [-0.2, 0) is 17.8 Å². The van der Waals surface area contributed by atoms with Gasteiger partial charge >= 0.3 is 0 Å². The predicted molar refractivity (Wildman–Crippen MR) is 124 cm³/mol. The minimum absolute atomic E-state index is 0.124. The third kappa shape index (κ3) is 6.59. The van der Waals surface area contributed by atoms with Crippen molar-refractivity contribution >= 4 is 33.7 Å². The number of carbonyl (C=O) groups is 1. The lowest BCUT2D eigenvalue weighted by Crippen LogP contribution is -2.20. The number of ether oxygens (including phenoxy) is 2. The molecule has 0 atom stereocenters. The van der Waals surface area contributed by atoms with E-state index in [1.165, 1.54) is 43.7 Å². The molecule has 0 aliphatic rings. The number of rotatable bonds is 9. The number of nitrogens with zero attached hydrogens (tertiary/aromatic N) is 2. The van der Waals surface area contributed by atoms with Crippen LogP contribution in [0.2, 0.25) is 0 Å². The first-order chi connectivity index (χ1) is 15.9. The Hall–Kier alpha value is -3.79. The van der Waals surface area contributed by atoms with Gasteiger partial charge in [0, 0.05) is 11.6 Å². The number of nitro benzene ring substituents is 1. The Bertz CT molecular complexity index is 1190. The van der Waals surface area contributed by atoms with Crippen molar-refractivity contribution in [1.29, 1.82) is 0 Å². The zero-order valence-corrected chi connectivity index (χ0v) is 19.0. The molecule has 3 rings (SSSR count). The van der Waals surface area contributed by atoms with Gasteiger partial charge in [0.2, 0.25) is 5.91 Å². The molecule has 0 spiro atoms. The van der Waals surface area contributed by atoms with Crippen molar-refractivity contribution < 1.29 is 23.6 Å². The fraction of sp³-hybridized carbons (Fsp3) is 0.130. The van der Waals surface area contributed by atoms with E-state index in [4.69, 9.17) is 9.47 Å². The molecule has 0 aliphatic heterocycles. The molecule has 0 aliphatic carbocycles. The molecule has 1 N–H and O–H groups in total. The first-order valence-corrected chi connectivity index (χ1v) is 10.5. The van der Waals surface area contributed by atoms with Gasteiger partial charge in [-0.2, -0.15) is 5.10 Å². The van der Waals surface area contributed by atoms with E-state index in [0.717, 1.165) is 5.56 Å². The third-order valence-corrected chi connectivity index (χ3v) is 5.08. The summed E-state index contributed by atoms with van der Waals surface area (Å²) in [5.74, 6) is 0.0691. The van der Waals surface area contributed by atoms with Gasteiger partial charge in [-0.05, 0) is 51.3 Å². The normalized spacial score (nSPS) is 10.8. The number of hydrogen-bond donors (Lipinski definition) is 1. The van der Waals surface area contributed by atoms with Gasteiger partial charge in [-0.15, -0.1) is 0 Å². The maximum Gasteiger partial charge on any atom is 0.273 e. The SMILES string of the molecule is COc1cc(/C=N/NC(=O)Cc2ccccc2[N+](=O)[O-])cc(Br)c1OCc1ccc(F)cc1. The Morgan fingerprint density at radius 2 is 1.94 bits per heavy atom. The quantitative estimate of drug-likeness (QED) is 0.251. The van der Waals surface area contributed by atoms with Crippen molar-refractivity contribution in [2.24, 2.45) is 5.10 Å². The highest BCUT2D eigenvalue weighted by Crippen LogP contribution is 2.36. The van der Waals surface area contributed by atoms with E-state index in [0.29, 0.717) is 27.1 Å². The second-order valence-electron chi connectivity index (χ2n) is 6.81. The van der Waals surface area contributed by atoms with Gasteiger partial charge in [0.05, 0.1) is 29.1 Å². The van der Waals surface area contributed by atoms with Crippen molar-refractivity contribution in [3.8, 4) is 11.5 Å². The summed E-state index contributed by atoms with van der Waals surface area (Å²) in [5.41, 5.74) is 3.93. The fourth-order valence-corrected chi connectivity index (χ4v) is 3.49. The lowest BCUT2D eigenvalue weighted by molar-refractivity contribution is -0.385. The van der Waals surface area contributed by atoms with Crippen LogP contribution in [0.5, 0.6) is 11.5 Å². The summed E-state index contributed by atoms with van der Waals surface area (Å²) in [7, 11) is 1.49. The van der Waals surface area contributed by atoms with Gasteiger partial charge in [-0.25, -0.2) is 9.82 Å². The second-order valence-corrected chi connectivity index (χ2v) is 7.66. The topological polar surface area (TPSA) is 103 Å². The van der Waals surface area contributed by atoms with E-state index < -0.39 is 10.8 Å². The average Bonchev–Trinajstić information content (AvgIpc) is 2.79. The third-order valence-electron chi connectivity index (χ3n) is 4.49. The molecule has 8 nitrogen and oxygen atoms in total. The molecule has 0 fully saturated rings. The van der Waals surface area contributed by atoms with Crippen LogP contribution in [0.3, 0.4) is 0 Å². The second kappa shape index (κ2) is 11.2. The van der Waals surface area contributed by atoms with Gasteiger partial charge in [0.1, 0.15) is 12.4 Å². The summed E-state index contributed by atoms with van der Waals surface area (Å²) >= 11 is 3.43. The summed E-state index contributed by atoms with van der Waals surface area (Å²) in [5, 5.41) is 15.0. The molecule has 0 bridgehead atoms. The molecule has 0 heterocycles. The largest absolute Gasteiger partial charge is 0.493 e. The highest BCUT2D eigenvalue weighted by atomic mass is 79.9. The molecule has 3 aromatic carbocycles. The average molecular weight is 516 g/mol. The highest BCUT2D eigenvalue weighted by molar-refractivity contribution is 9.10. The minimum atomic E-state index is -0.532. The Morgan fingerprint density at radius 3 is 2.64 bits per heavy atom. The van der Waals surface area contributed by atoms with Crippen molar-refractivity contribution in [3.05, 3.63) is 97.8 Å². The zero-order valence-electron chi connectivity index (χ0n) is 17.5. The van der Waals surface area contributed by atoms with Crippen LogP contribution in [0.25, 0.3) is 0 Å². The van der Waals surface area contributed by atoms with E-state index in [1.54, 1.807) is 30.3 Å². The summed E-state index contributed by atoms with van der Waals surface area (Å²) in [6, 6.07) is 15.4. The minimum Gasteiger partial charge on any atom is -0.493 e. The number of methoxy groups -OCH3 is 1. The standard InChI is InChI=1S/C23H19BrFN3O5/c1-32-21-11-16(10-19(24)23(21)33-14-15-6-8-18(25)9-7-15)13-26-27-22(29)12-17-4-2-3-5-20(17)28(30)31/h2-11,13H,12,14H2,1H3,(H,27,29)/b26-13+. The molecule has 33 heavy (non-hydrogen) atoms. The lowest BCUT2D eigenvalue weighted by atomic mass is 10.1. The molecular weight excluding hydrogens is 497 g/mol. The Morgan fingerprint density at radius 1 is 1.21 bits per heavy atom. The summed E-state index contributed by atoms with van der Waals surface area (Å²) in [6.07, 6.45) is 1.23. The molecule has 0 saturated heterocycles. The fourth-order valence-electron chi connectivity index (χ4n) is 2.92. The van der Waals surface area contributed by atoms with Crippen LogP contribution >= 0.6 is 15.9 Å². The molecule has 3 aromatic rings. The van der Waals surface area contributed by atoms with Gasteiger partial charge in [0.25, 0.3) is 5.69 Å². The van der Waals surface area contributed by atoms with Crippen LogP contribution < -0.4 is 14.9 Å². The van der Waals surface area contributed by atoms with Crippen LogP contribution in [0.4, 0.5) is 10.1 Å². The highest BCUT2D eigenvalue weighted by Gasteiger charge is 2.15. The number of nitro groups is 1. The summed E-state index contributed by atoms with van der Waals surface area (Å²) < 4.78 is 24.9.